The number of halogens is 1. The first kappa shape index (κ1) is 16.8. The molecule has 0 fully saturated rings. The summed E-state index contributed by atoms with van der Waals surface area (Å²) in [5.41, 5.74) is 1.09. The van der Waals surface area contributed by atoms with Crippen LogP contribution in [0.3, 0.4) is 0 Å². The molecule has 0 saturated heterocycles. The Morgan fingerprint density at radius 2 is 2.10 bits per heavy atom. The van der Waals surface area contributed by atoms with Crippen LogP contribution in [0.4, 0.5) is 0 Å². The predicted octanol–water partition coefficient (Wildman–Crippen LogP) is 3.17. The van der Waals surface area contributed by atoms with Gasteiger partial charge in [-0.25, -0.2) is 0 Å². The molecule has 0 aliphatic heterocycles. The molecule has 112 valence electrons. The van der Waals surface area contributed by atoms with Crippen molar-refractivity contribution in [3.05, 3.63) is 28.2 Å². The van der Waals surface area contributed by atoms with Crippen molar-refractivity contribution >= 4 is 21.9 Å². The van der Waals surface area contributed by atoms with Crippen molar-refractivity contribution in [2.75, 3.05) is 20.7 Å². The minimum absolute atomic E-state index is 0.671. The van der Waals surface area contributed by atoms with Crippen LogP contribution in [0.15, 0.2) is 27.7 Å². The van der Waals surface area contributed by atoms with E-state index in [1.54, 1.807) is 14.2 Å². The van der Waals surface area contributed by atoms with Crippen LogP contribution in [0.25, 0.3) is 0 Å². The smallest absolute Gasteiger partial charge is 0.191 e. The Balaban J connectivity index is 2.54. The molecule has 2 N–H and O–H groups in total. The van der Waals surface area contributed by atoms with Crippen molar-refractivity contribution in [2.45, 2.75) is 26.8 Å². The van der Waals surface area contributed by atoms with E-state index in [1.165, 1.54) is 0 Å². The quantitative estimate of drug-likeness (QED) is 0.617. The van der Waals surface area contributed by atoms with Gasteiger partial charge in [-0.05, 0) is 30.5 Å². The van der Waals surface area contributed by atoms with Crippen LogP contribution < -0.4 is 15.4 Å². The summed E-state index contributed by atoms with van der Waals surface area (Å²) in [4.78, 5) is 4.22. The SMILES string of the molecule is CN=C(NCCC(C)C)NCc1cc(Br)ccc1OC. The molecule has 0 heterocycles. The molecule has 1 aromatic rings. The Hall–Kier alpha value is -1.23. The van der Waals surface area contributed by atoms with Gasteiger partial charge in [0.25, 0.3) is 0 Å². The number of ether oxygens (including phenoxy) is 1. The molecule has 4 nitrogen and oxygen atoms in total. The fraction of sp³-hybridized carbons (Fsp3) is 0.533. The van der Waals surface area contributed by atoms with E-state index < -0.39 is 0 Å². The van der Waals surface area contributed by atoms with Gasteiger partial charge < -0.3 is 15.4 Å². The fourth-order valence-corrected chi connectivity index (χ4v) is 2.17. The van der Waals surface area contributed by atoms with Gasteiger partial charge in [0.2, 0.25) is 0 Å². The summed E-state index contributed by atoms with van der Waals surface area (Å²) in [7, 11) is 3.46. The van der Waals surface area contributed by atoms with Crippen molar-refractivity contribution in [3.8, 4) is 5.75 Å². The first-order valence-corrected chi connectivity index (χ1v) is 7.63. The van der Waals surface area contributed by atoms with Crippen LogP contribution in [0.1, 0.15) is 25.8 Å². The highest BCUT2D eigenvalue weighted by Gasteiger charge is 2.05. The summed E-state index contributed by atoms with van der Waals surface area (Å²) in [6.45, 7) is 6.02. The molecule has 5 heteroatoms. The van der Waals surface area contributed by atoms with Gasteiger partial charge in [-0.2, -0.15) is 0 Å². The molecule has 1 rings (SSSR count). The van der Waals surface area contributed by atoms with Crippen LogP contribution in [0, 0.1) is 5.92 Å². The lowest BCUT2D eigenvalue weighted by molar-refractivity contribution is 0.409. The molecule has 0 radical (unpaired) electrons. The van der Waals surface area contributed by atoms with Crippen molar-refractivity contribution in [1.29, 1.82) is 0 Å². The van der Waals surface area contributed by atoms with Crippen molar-refractivity contribution in [3.63, 3.8) is 0 Å². The lowest BCUT2D eigenvalue weighted by Gasteiger charge is -2.14. The van der Waals surface area contributed by atoms with Crippen molar-refractivity contribution in [1.82, 2.24) is 10.6 Å². The zero-order valence-electron chi connectivity index (χ0n) is 12.7. The van der Waals surface area contributed by atoms with Crippen LogP contribution in [-0.2, 0) is 6.54 Å². The summed E-state index contributed by atoms with van der Waals surface area (Å²) in [6.07, 6.45) is 1.13. The largest absolute Gasteiger partial charge is 0.496 e. The third-order valence-electron chi connectivity index (χ3n) is 2.93. The number of nitrogens with zero attached hydrogens (tertiary/aromatic N) is 1. The highest BCUT2D eigenvalue weighted by Crippen LogP contribution is 2.22. The maximum absolute atomic E-state index is 5.36. The number of hydrogen-bond donors (Lipinski definition) is 2. The van der Waals surface area contributed by atoms with Gasteiger partial charge in [0.1, 0.15) is 5.75 Å². The molecule has 1 aromatic carbocycles. The molecular weight excluding hydrogens is 318 g/mol. The molecule has 0 bridgehead atoms. The Labute approximate surface area is 130 Å². The number of nitrogens with one attached hydrogen (secondary N) is 2. The summed E-state index contributed by atoms with van der Waals surface area (Å²) < 4.78 is 6.40. The van der Waals surface area contributed by atoms with Gasteiger partial charge in [-0.1, -0.05) is 29.8 Å². The molecule has 0 saturated carbocycles. The first-order valence-electron chi connectivity index (χ1n) is 6.83. The second-order valence-electron chi connectivity index (χ2n) is 4.99. The van der Waals surface area contributed by atoms with Crippen LogP contribution in [-0.4, -0.2) is 26.7 Å². The van der Waals surface area contributed by atoms with Gasteiger partial charge in [0, 0.05) is 30.2 Å². The van der Waals surface area contributed by atoms with E-state index in [-0.39, 0.29) is 0 Å². The van der Waals surface area contributed by atoms with E-state index >= 15 is 0 Å². The number of hydrogen-bond acceptors (Lipinski definition) is 2. The van der Waals surface area contributed by atoms with Crippen LogP contribution >= 0.6 is 15.9 Å². The zero-order valence-corrected chi connectivity index (χ0v) is 14.3. The van der Waals surface area contributed by atoms with Gasteiger partial charge in [0.15, 0.2) is 5.96 Å². The van der Waals surface area contributed by atoms with Crippen LogP contribution in [0.2, 0.25) is 0 Å². The van der Waals surface area contributed by atoms with Gasteiger partial charge in [-0.3, -0.25) is 4.99 Å². The molecule has 0 unspecified atom stereocenters. The topological polar surface area (TPSA) is 45.7 Å². The third-order valence-corrected chi connectivity index (χ3v) is 3.42. The van der Waals surface area contributed by atoms with Gasteiger partial charge in [0.05, 0.1) is 7.11 Å². The molecule has 0 spiro atoms. The normalized spacial score (nSPS) is 11.6. The minimum Gasteiger partial charge on any atom is -0.496 e. The Morgan fingerprint density at radius 3 is 2.70 bits per heavy atom. The fourth-order valence-electron chi connectivity index (χ4n) is 1.76. The first-order chi connectivity index (χ1) is 9.56. The van der Waals surface area contributed by atoms with Crippen LogP contribution in [0.5, 0.6) is 5.75 Å². The number of aliphatic imine (C=N–C) groups is 1. The monoisotopic (exact) mass is 341 g/mol. The lowest BCUT2D eigenvalue weighted by atomic mass is 10.1. The summed E-state index contributed by atoms with van der Waals surface area (Å²) in [6, 6.07) is 5.97. The number of methoxy groups -OCH3 is 1. The Bertz CT molecular complexity index is 447. The van der Waals surface area contributed by atoms with E-state index in [1.807, 2.05) is 18.2 Å². The summed E-state index contributed by atoms with van der Waals surface area (Å²) in [5.74, 6) is 2.37. The molecule has 20 heavy (non-hydrogen) atoms. The molecule has 0 amide bonds. The maximum Gasteiger partial charge on any atom is 0.191 e. The lowest BCUT2D eigenvalue weighted by Crippen LogP contribution is -2.37. The molecule has 0 aromatic heterocycles. The predicted molar refractivity (Wildman–Crippen MR) is 88.4 cm³/mol. The molecular formula is C15H24BrN3O. The highest BCUT2D eigenvalue weighted by molar-refractivity contribution is 9.10. The summed E-state index contributed by atoms with van der Waals surface area (Å²) in [5, 5.41) is 6.61. The minimum atomic E-state index is 0.671. The molecule has 0 aliphatic rings. The maximum atomic E-state index is 5.36. The second-order valence-corrected chi connectivity index (χ2v) is 5.91. The van der Waals surface area contributed by atoms with E-state index in [4.69, 9.17) is 4.74 Å². The Morgan fingerprint density at radius 1 is 1.35 bits per heavy atom. The van der Waals surface area contributed by atoms with Gasteiger partial charge in [-0.15, -0.1) is 0 Å². The number of guanidine groups is 1. The molecule has 0 aliphatic carbocycles. The van der Waals surface area contributed by atoms with Gasteiger partial charge >= 0.3 is 0 Å². The number of rotatable bonds is 6. The van der Waals surface area contributed by atoms with E-state index in [2.05, 4.69) is 45.4 Å². The highest BCUT2D eigenvalue weighted by atomic mass is 79.9. The third kappa shape index (κ3) is 5.82. The van der Waals surface area contributed by atoms with E-state index in [0.717, 1.165) is 34.7 Å². The summed E-state index contributed by atoms with van der Waals surface area (Å²) >= 11 is 3.48. The number of benzene rings is 1. The average Bonchev–Trinajstić information content (AvgIpc) is 2.42. The average molecular weight is 342 g/mol. The standard InChI is InChI=1S/C15H24BrN3O/c1-11(2)7-8-18-15(17-3)19-10-12-9-13(16)5-6-14(12)20-4/h5-6,9,11H,7-8,10H2,1-4H3,(H2,17,18,19). The van der Waals surface area contributed by atoms with Crippen molar-refractivity contribution < 1.29 is 4.74 Å². The zero-order chi connectivity index (χ0) is 15.0. The Kier molecular flexibility index (Phi) is 7.44. The second kappa shape index (κ2) is 8.84. The van der Waals surface area contributed by atoms with E-state index in [9.17, 15) is 0 Å². The van der Waals surface area contributed by atoms with Crippen molar-refractivity contribution in [2.24, 2.45) is 10.9 Å². The van der Waals surface area contributed by atoms with E-state index in [0.29, 0.717) is 12.5 Å². The molecule has 0 atom stereocenters.